The molecule has 0 aliphatic rings. The van der Waals surface area contributed by atoms with Gasteiger partial charge in [-0.2, -0.15) is 16.8 Å². The predicted molar refractivity (Wildman–Crippen MR) is 68.5 cm³/mol. The average Bonchev–Trinajstić information content (AvgIpc) is 2.26. The van der Waals surface area contributed by atoms with Crippen LogP contribution in [0.2, 0.25) is 0 Å². The summed E-state index contributed by atoms with van der Waals surface area (Å²) < 4.78 is 67.5. The third-order valence-electron chi connectivity index (χ3n) is 2.15. The maximum atomic E-state index is 11.5. The Kier molecular flexibility index (Phi) is 7.78. The van der Waals surface area contributed by atoms with Gasteiger partial charge in [0, 0.05) is 0 Å². The highest BCUT2D eigenvalue weighted by Crippen LogP contribution is 2.08. The minimum atomic E-state index is -4.29. The van der Waals surface area contributed by atoms with Crippen molar-refractivity contribution in [2.24, 2.45) is 5.92 Å². The van der Waals surface area contributed by atoms with E-state index in [1.807, 2.05) is 0 Å². The lowest BCUT2D eigenvalue weighted by Gasteiger charge is -2.13. The monoisotopic (exact) mass is 348 g/mol. The number of carbonyl (C=O) groups excluding carboxylic acids is 2. The Bertz CT molecular complexity index is 511. The van der Waals surface area contributed by atoms with Crippen molar-refractivity contribution in [3.8, 4) is 0 Å². The largest absolute Gasteiger partial charge is 0.464 e. The summed E-state index contributed by atoms with van der Waals surface area (Å²) in [5.41, 5.74) is 0. The average molecular weight is 348 g/mol. The highest BCUT2D eigenvalue weighted by molar-refractivity contribution is 7.86. The molecule has 0 rings (SSSR count). The van der Waals surface area contributed by atoms with E-state index in [1.54, 1.807) is 0 Å². The Balaban J connectivity index is 4.34. The number of rotatable bonds is 9. The molecule has 0 heterocycles. The van der Waals surface area contributed by atoms with Crippen LogP contribution < -0.4 is 0 Å². The standard InChI is InChI=1S/C9H16O10S2/c1-2-7(8(10)18-3-5-20(12,13)14)9(11)19-4-6-21(15,16)17/h7H,2-6H2,1H3,(H,12,13,14)(H,15,16,17). The SMILES string of the molecule is CCC(C(=O)OCCS(=O)(=O)O)C(=O)OCCS(=O)(=O)O. The van der Waals surface area contributed by atoms with Crippen LogP contribution in [0.3, 0.4) is 0 Å². The van der Waals surface area contributed by atoms with Crippen LogP contribution in [0.4, 0.5) is 0 Å². The van der Waals surface area contributed by atoms with Crippen molar-refractivity contribution in [1.82, 2.24) is 0 Å². The lowest BCUT2D eigenvalue weighted by Crippen LogP contribution is -2.30. The molecule has 0 amide bonds. The smallest absolute Gasteiger partial charge is 0.320 e. The third-order valence-corrected chi connectivity index (χ3v) is 3.51. The molecule has 0 unspecified atom stereocenters. The van der Waals surface area contributed by atoms with Gasteiger partial charge in [0.1, 0.15) is 24.7 Å². The molecule has 0 bridgehead atoms. The third kappa shape index (κ3) is 10.2. The lowest BCUT2D eigenvalue weighted by atomic mass is 10.1. The Labute approximate surface area is 121 Å². The van der Waals surface area contributed by atoms with E-state index in [1.165, 1.54) is 6.92 Å². The van der Waals surface area contributed by atoms with E-state index >= 15 is 0 Å². The zero-order chi connectivity index (χ0) is 16.7. The Morgan fingerprint density at radius 1 is 0.905 bits per heavy atom. The molecular formula is C9H16O10S2. The van der Waals surface area contributed by atoms with Gasteiger partial charge in [-0.3, -0.25) is 18.7 Å². The van der Waals surface area contributed by atoms with Crippen LogP contribution >= 0.6 is 0 Å². The van der Waals surface area contributed by atoms with Crippen molar-refractivity contribution in [2.45, 2.75) is 13.3 Å². The van der Waals surface area contributed by atoms with Crippen molar-refractivity contribution in [3.05, 3.63) is 0 Å². The fraction of sp³-hybridized carbons (Fsp3) is 0.778. The van der Waals surface area contributed by atoms with E-state index in [0.29, 0.717) is 0 Å². The van der Waals surface area contributed by atoms with Gasteiger partial charge < -0.3 is 9.47 Å². The second-order valence-corrected chi connectivity index (χ2v) is 7.01. The van der Waals surface area contributed by atoms with Gasteiger partial charge in [-0.25, -0.2) is 0 Å². The summed E-state index contributed by atoms with van der Waals surface area (Å²) in [5.74, 6) is -5.09. The van der Waals surface area contributed by atoms with Crippen molar-refractivity contribution in [2.75, 3.05) is 24.7 Å². The number of hydrogen-bond donors (Lipinski definition) is 2. The Morgan fingerprint density at radius 3 is 1.48 bits per heavy atom. The molecule has 124 valence electrons. The van der Waals surface area contributed by atoms with Crippen molar-refractivity contribution in [1.29, 1.82) is 0 Å². The molecule has 0 aromatic carbocycles. The summed E-state index contributed by atoms with van der Waals surface area (Å²) in [6.07, 6.45) is -0.0184. The van der Waals surface area contributed by atoms with E-state index in [9.17, 15) is 26.4 Å². The lowest BCUT2D eigenvalue weighted by molar-refractivity contribution is -0.161. The molecule has 0 aromatic heterocycles. The van der Waals surface area contributed by atoms with Crippen LogP contribution in [0.25, 0.3) is 0 Å². The Hall–Kier alpha value is -1.24. The summed E-state index contributed by atoms with van der Waals surface area (Å²) >= 11 is 0. The fourth-order valence-electron chi connectivity index (χ4n) is 1.13. The van der Waals surface area contributed by atoms with Crippen LogP contribution in [0.5, 0.6) is 0 Å². The number of hydrogen-bond acceptors (Lipinski definition) is 8. The molecule has 0 saturated heterocycles. The normalized spacial score (nSPS) is 12.2. The molecule has 0 atom stereocenters. The number of ether oxygens (including phenoxy) is 2. The first kappa shape index (κ1) is 19.8. The second kappa shape index (κ2) is 8.26. The van der Waals surface area contributed by atoms with E-state index in [4.69, 9.17) is 9.11 Å². The van der Waals surface area contributed by atoms with Crippen molar-refractivity contribution in [3.63, 3.8) is 0 Å². The molecule has 0 spiro atoms. The van der Waals surface area contributed by atoms with Gasteiger partial charge in [-0.1, -0.05) is 6.92 Å². The van der Waals surface area contributed by atoms with Crippen LogP contribution in [0.1, 0.15) is 13.3 Å². The molecular weight excluding hydrogens is 332 g/mol. The molecule has 0 aliphatic heterocycles. The fourth-order valence-corrected chi connectivity index (χ4v) is 1.71. The summed E-state index contributed by atoms with van der Waals surface area (Å²) in [4.78, 5) is 23.0. The number of carbonyl (C=O) groups is 2. The molecule has 0 fully saturated rings. The van der Waals surface area contributed by atoms with Crippen LogP contribution in [0.15, 0.2) is 0 Å². The first-order chi connectivity index (χ1) is 9.46. The summed E-state index contributed by atoms with van der Waals surface area (Å²) in [6, 6.07) is 0. The molecule has 21 heavy (non-hydrogen) atoms. The van der Waals surface area contributed by atoms with Crippen molar-refractivity contribution < 1.29 is 45.0 Å². The zero-order valence-corrected chi connectivity index (χ0v) is 12.7. The predicted octanol–water partition coefficient (Wildman–Crippen LogP) is -1.13. The highest BCUT2D eigenvalue weighted by atomic mass is 32.2. The molecule has 0 radical (unpaired) electrons. The minimum absolute atomic E-state index is 0.0184. The molecule has 2 N–H and O–H groups in total. The molecule has 0 aromatic rings. The van der Waals surface area contributed by atoms with Gasteiger partial charge >= 0.3 is 11.9 Å². The summed E-state index contributed by atoms with van der Waals surface area (Å²) in [7, 11) is -8.58. The van der Waals surface area contributed by atoms with Gasteiger partial charge in [-0.15, -0.1) is 0 Å². The van der Waals surface area contributed by atoms with Gasteiger partial charge in [0.15, 0.2) is 5.92 Å². The zero-order valence-electron chi connectivity index (χ0n) is 11.1. The maximum absolute atomic E-state index is 11.5. The highest BCUT2D eigenvalue weighted by Gasteiger charge is 2.28. The van der Waals surface area contributed by atoms with Crippen molar-refractivity contribution >= 4 is 32.2 Å². The van der Waals surface area contributed by atoms with E-state index in [2.05, 4.69) is 9.47 Å². The Morgan fingerprint density at radius 2 is 1.24 bits per heavy atom. The van der Waals surface area contributed by atoms with Crippen LogP contribution in [-0.2, 0) is 39.3 Å². The first-order valence-corrected chi connectivity index (χ1v) is 8.91. The second-order valence-electron chi connectivity index (χ2n) is 3.87. The maximum Gasteiger partial charge on any atom is 0.320 e. The molecule has 0 aliphatic carbocycles. The van der Waals surface area contributed by atoms with Gasteiger partial charge in [0.2, 0.25) is 0 Å². The van der Waals surface area contributed by atoms with E-state index < -0.39 is 62.8 Å². The number of esters is 2. The van der Waals surface area contributed by atoms with E-state index in [-0.39, 0.29) is 6.42 Å². The molecule has 0 saturated carbocycles. The van der Waals surface area contributed by atoms with Gasteiger partial charge in [-0.05, 0) is 6.42 Å². The summed E-state index contributed by atoms with van der Waals surface area (Å²) in [6.45, 7) is 0.192. The summed E-state index contributed by atoms with van der Waals surface area (Å²) in [5, 5.41) is 0. The quantitative estimate of drug-likeness (QED) is 0.296. The van der Waals surface area contributed by atoms with Crippen LogP contribution in [-0.4, -0.2) is 62.6 Å². The van der Waals surface area contributed by atoms with Gasteiger partial charge in [0.25, 0.3) is 20.2 Å². The minimum Gasteiger partial charge on any atom is -0.464 e. The van der Waals surface area contributed by atoms with Gasteiger partial charge in [0.05, 0.1) is 0 Å². The first-order valence-electron chi connectivity index (χ1n) is 5.70. The topological polar surface area (TPSA) is 161 Å². The van der Waals surface area contributed by atoms with Crippen LogP contribution in [0, 0.1) is 5.92 Å². The van der Waals surface area contributed by atoms with E-state index in [0.717, 1.165) is 0 Å². The molecule has 10 nitrogen and oxygen atoms in total. The molecule has 12 heteroatoms.